The molecule has 4 heteroatoms. The zero-order chi connectivity index (χ0) is 19.3. The summed E-state index contributed by atoms with van der Waals surface area (Å²) in [6.45, 7) is 8.24. The minimum absolute atomic E-state index is 0.0451. The molecule has 2 aromatic carbocycles. The molecule has 0 fully saturated rings. The van der Waals surface area contributed by atoms with E-state index in [0.717, 1.165) is 27.8 Å². The van der Waals surface area contributed by atoms with Crippen LogP contribution in [-0.2, 0) is 22.6 Å². The molecule has 0 bridgehead atoms. The number of likely N-dealkylation sites (N-methyl/N-ethyl adjacent to an activating group) is 1. The van der Waals surface area contributed by atoms with Crippen molar-refractivity contribution in [2.75, 3.05) is 7.05 Å². The lowest BCUT2D eigenvalue weighted by molar-refractivity contribution is -0.139. The molecule has 0 radical (unpaired) electrons. The third-order valence-electron chi connectivity index (χ3n) is 4.70. The number of amides is 2. The van der Waals surface area contributed by atoms with E-state index < -0.39 is 6.04 Å². The molecule has 0 aliphatic rings. The summed E-state index contributed by atoms with van der Waals surface area (Å²) in [5.74, 6) is -0.205. The van der Waals surface area contributed by atoms with Gasteiger partial charge in [0, 0.05) is 13.6 Å². The predicted octanol–water partition coefficient (Wildman–Crippen LogP) is 3.32. The Hall–Kier alpha value is -2.62. The van der Waals surface area contributed by atoms with Crippen LogP contribution >= 0.6 is 0 Å². The first-order valence-electron chi connectivity index (χ1n) is 8.94. The van der Waals surface area contributed by atoms with Crippen LogP contribution in [0.25, 0.3) is 0 Å². The molecule has 0 unspecified atom stereocenters. The smallest absolute Gasteiger partial charge is 0.242 e. The first-order valence-corrected chi connectivity index (χ1v) is 8.94. The lowest BCUT2D eigenvalue weighted by Crippen LogP contribution is -2.47. The van der Waals surface area contributed by atoms with E-state index in [1.165, 1.54) is 0 Å². The van der Waals surface area contributed by atoms with Gasteiger partial charge in [-0.15, -0.1) is 0 Å². The Morgan fingerprint density at radius 3 is 2.38 bits per heavy atom. The second-order valence-corrected chi connectivity index (χ2v) is 6.91. The van der Waals surface area contributed by atoms with Gasteiger partial charge in [-0.05, 0) is 44.4 Å². The largest absolute Gasteiger partial charge is 0.357 e. The maximum absolute atomic E-state index is 13.1. The fourth-order valence-electron chi connectivity index (χ4n) is 3.05. The van der Waals surface area contributed by atoms with Crippen molar-refractivity contribution in [3.05, 3.63) is 70.3 Å². The maximum Gasteiger partial charge on any atom is 0.242 e. The van der Waals surface area contributed by atoms with Gasteiger partial charge in [0.25, 0.3) is 0 Å². The van der Waals surface area contributed by atoms with Crippen molar-refractivity contribution in [2.45, 2.75) is 46.7 Å². The van der Waals surface area contributed by atoms with Crippen molar-refractivity contribution in [1.82, 2.24) is 10.2 Å². The molecule has 138 valence electrons. The Labute approximate surface area is 156 Å². The number of rotatable bonds is 6. The Balaban J connectivity index is 2.28. The van der Waals surface area contributed by atoms with Gasteiger partial charge in [0.1, 0.15) is 6.04 Å². The first-order chi connectivity index (χ1) is 12.3. The van der Waals surface area contributed by atoms with E-state index >= 15 is 0 Å². The molecule has 2 rings (SSSR count). The summed E-state index contributed by atoms with van der Waals surface area (Å²) < 4.78 is 0. The summed E-state index contributed by atoms with van der Waals surface area (Å²) in [6, 6.07) is 13.6. The summed E-state index contributed by atoms with van der Waals surface area (Å²) >= 11 is 0. The van der Waals surface area contributed by atoms with Crippen molar-refractivity contribution < 1.29 is 9.59 Å². The van der Waals surface area contributed by atoms with Gasteiger partial charge >= 0.3 is 0 Å². The van der Waals surface area contributed by atoms with Crippen molar-refractivity contribution in [1.29, 1.82) is 0 Å². The highest BCUT2D eigenvalue weighted by molar-refractivity contribution is 5.88. The average Bonchev–Trinajstić information content (AvgIpc) is 2.61. The zero-order valence-corrected chi connectivity index (χ0v) is 16.3. The van der Waals surface area contributed by atoms with Gasteiger partial charge in [-0.3, -0.25) is 9.59 Å². The molecule has 1 atom stereocenters. The molecule has 2 amide bonds. The highest BCUT2D eigenvalue weighted by Crippen LogP contribution is 2.16. The van der Waals surface area contributed by atoms with Crippen molar-refractivity contribution >= 4 is 11.8 Å². The minimum atomic E-state index is -0.530. The van der Waals surface area contributed by atoms with Crippen LogP contribution in [-0.4, -0.2) is 29.8 Å². The highest BCUT2D eigenvalue weighted by atomic mass is 16.2. The van der Waals surface area contributed by atoms with Gasteiger partial charge in [-0.2, -0.15) is 0 Å². The van der Waals surface area contributed by atoms with Gasteiger partial charge in [0.15, 0.2) is 0 Å². The molecule has 1 N–H and O–H groups in total. The van der Waals surface area contributed by atoms with Crippen LogP contribution in [0.5, 0.6) is 0 Å². The number of benzene rings is 2. The second kappa shape index (κ2) is 8.65. The van der Waals surface area contributed by atoms with Gasteiger partial charge < -0.3 is 10.2 Å². The van der Waals surface area contributed by atoms with Crippen LogP contribution in [0.4, 0.5) is 0 Å². The van der Waals surface area contributed by atoms with Crippen molar-refractivity contribution in [3.8, 4) is 0 Å². The summed E-state index contributed by atoms with van der Waals surface area (Å²) in [5, 5.41) is 2.65. The predicted molar refractivity (Wildman–Crippen MR) is 105 cm³/mol. The lowest BCUT2D eigenvalue weighted by atomic mass is 10.0. The Morgan fingerprint density at radius 2 is 1.73 bits per heavy atom. The van der Waals surface area contributed by atoms with Gasteiger partial charge in [-0.1, -0.05) is 53.6 Å². The topological polar surface area (TPSA) is 49.4 Å². The molecule has 0 aliphatic carbocycles. The minimum Gasteiger partial charge on any atom is -0.357 e. The molecule has 2 aromatic rings. The summed E-state index contributed by atoms with van der Waals surface area (Å²) in [7, 11) is 1.60. The first kappa shape index (κ1) is 19.7. The zero-order valence-electron chi connectivity index (χ0n) is 16.3. The van der Waals surface area contributed by atoms with Crippen molar-refractivity contribution in [2.24, 2.45) is 0 Å². The Morgan fingerprint density at radius 1 is 1.04 bits per heavy atom. The quantitative estimate of drug-likeness (QED) is 0.867. The third-order valence-corrected chi connectivity index (χ3v) is 4.70. The third kappa shape index (κ3) is 4.94. The van der Waals surface area contributed by atoms with E-state index in [-0.39, 0.29) is 11.8 Å². The Kier molecular flexibility index (Phi) is 6.56. The molecule has 0 saturated carbocycles. The average molecular weight is 352 g/mol. The summed E-state index contributed by atoms with van der Waals surface area (Å²) in [5.41, 5.74) is 5.38. The molecule has 0 heterocycles. The number of nitrogens with zero attached hydrogens (tertiary/aromatic N) is 1. The summed E-state index contributed by atoms with van der Waals surface area (Å²) in [4.78, 5) is 26.9. The number of carbonyl (C=O) groups excluding carboxylic acids is 2. The van der Waals surface area contributed by atoms with E-state index in [1.807, 2.05) is 57.2 Å². The molecule has 26 heavy (non-hydrogen) atoms. The number of hydrogen-bond donors (Lipinski definition) is 1. The van der Waals surface area contributed by atoms with Gasteiger partial charge in [-0.25, -0.2) is 0 Å². The fourth-order valence-corrected chi connectivity index (χ4v) is 3.05. The lowest BCUT2D eigenvalue weighted by Gasteiger charge is -2.29. The number of aryl methyl sites for hydroxylation is 3. The fraction of sp³-hybridized carbons (Fsp3) is 0.364. The van der Waals surface area contributed by atoms with Crippen LogP contribution in [0.2, 0.25) is 0 Å². The van der Waals surface area contributed by atoms with Crippen molar-refractivity contribution in [3.63, 3.8) is 0 Å². The van der Waals surface area contributed by atoms with Crippen LogP contribution in [0.15, 0.2) is 42.5 Å². The highest BCUT2D eigenvalue weighted by Gasteiger charge is 2.25. The summed E-state index contributed by atoms with van der Waals surface area (Å²) in [6.07, 6.45) is 0.292. The van der Waals surface area contributed by atoms with Crippen LogP contribution in [0.3, 0.4) is 0 Å². The maximum atomic E-state index is 13.1. The molecule has 0 saturated heterocycles. The SMILES string of the molecule is CNC(=O)[C@@H](C)N(Cc1cccc(C)c1)C(=O)Cc1cc(C)ccc1C. The number of carbonyl (C=O) groups is 2. The normalized spacial score (nSPS) is 11.7. The van der Waals surface area contributed by atoms with E-state index in [1.54, 1.807) is 18.9 Å². The van der Waals surface area contributed by atoms with Crippen LogP contribution in [0.1, 0.15) is 34.7 Å². The van der Waals surface area contributed by atoms with E-state index in [9.17, 15) is 9.59 Å². The molecular formula is C22H28N2O2. The molecule has 4 nitrogen and oxygen atoms in total. The monoisotopic (exact) mass is 352 g/mol. The van der Waals surface area contributed by atoms with Gasteiger partial charge in [0.2, 0.25) is 11.8 Å². The van der Waals surface area contributed by atoms with Crippen LogP contribution < -0.4 is 5.32 Å². The molecule has 0 spiro atoms. The Bertz CT molecular complexity index is 798. The van der Waals surface area contributed by atoms with E-state index in [4.69, 9.17) is 0 Å². The number of hydrogen-bond acceptors (Lipinski definition) is 2. The van der Waals surface area contributed by atoms with Gasteiger partial charge in [0.05, 0.1) is 6.42 Å². The molecule has 0 aromatic heterocycles. The molecular weight excluding hydrogens is 324 g/mol. The van der Waals surface area contributed by atoms with Crippen LogP contribution in [0, 0.1) is 20.8 Å². The van der Waals surface area contributed by atoms with E-state index in [2.05, 4.69) is 11.4 Å². The second-order valence-electron chi connectivity index (χ2n) is 6.91. The molecule has 0 aliphatic heterocycles. The standard InChI is InChI=1S/C22H28N2O2/c1-15-7-6-8-19(11-15)14-24(18(4)22(26)23-5)21(25)13-20-12-16(2)9-10-17(20)3/h6-12,18H,13-14H2,1-5H3,(H,23,26)/t18-/m1/s1. The van der Waals surface area contributed by atoms with E-state index in [0.29, 0.717) is 13.0 Å². The number of nitrogens with one attached hydrogen (secondary N) is 1.